The van der Waals surface area contributed by atoms with E-state index in [1.807, 2.05) is 60.7 Å². The molecule has 0 bridgehead atoms. The Bertz CT molecular complexity index is 771. The number of rotatable bonds is 4. The van der Waals surface area contributed by atoms with Crippen LogP contribution in [0.5, 0.6) is 0 Å². The summed E-state index contributed by atoms with van der Waals surface area (Å²) in [7, 11) is -2.67. The van der Waals surface area contributed by atoms with Crippen molar-refractivity contribution in [1.29, 1.82) is 0 Å². The summed E-state index contributed by atoms with van der Waals surface area (Å²) in [4.78, 5) is 0. The van der Waals surface area contributed by atoms with Gasteiger partial charge >= 0.3 is 0 Å². The fourth-order valence-corrected chi connectivity index (χ4v) is 6.31. The summed E-state index contributed by atoms with van der Waals surface area (Å²) in [6.07, 6.45) is 5.02. The Kier molecular flexibility index (Phi) is 9.30. The lowest BCUT2D eigenvalue weighted by Crippen LogP contribution is -2.19. The van der Waals surface area contributed by atoms with E-state index in [-0.39, 0.29) is 0 Å². The lowest BCUT2D eigenvalue weighted by molar-refractivity contribution is 0.417. The third-order valence-corrected chi connectivity index (χ3v) is 8.23. The van der Waals surface area contributed by atoms with Gasteiger partial charge < -0.3 is 4.57 Å². The predicted molar refractivity (Wildman–Crippen MR) is 137 cm³/mol. The highest BCUT2D eigenvalue weighted by atomic mass is 128. The molecule has 1 fully saturated rings. The molecule has 0 spiro atoms. The quantitative estimate of drug-likeness (QED) is 0.264. The van der Waals surface area contributed by atoms with Crippen LogP contribution in [-0.2, 0) is 4.57 Å². The van der Waals surface area contributed by atoms with Crippen molar-refractivity contribution >= 4 is 55.0 Å². The van der Waals surface area contributed by atoms with Gasteiger partial charge in [0.2, 0.25) is 0 Å². The Morgan fingerprint density at radius 2 is 1.48 bits per heavy atom. The minimum Gasteiger partial charge on any atom is -0.313 e. The van der Waals surface area contributed by atoms with E-state index in [0.717, 1.165) is 17.0 Å². The highest BCUT2D eigenvalue weighted by Gasteiger charge is 2.28. The second-order valence-electron chi connectivity index (χ2n) is 7.29. The summed E-state index contributed by atoms with van der Waals surface area (Å²) < 4.78 is 14.1. The summed E-state index contributed by atoms with van der Waals surface area (Å²) in [6, 6.07) is 19.8. The van der Waals surface area contributed by atoms with Crippen LogP contribution in [0.3, 0.4) is 0 Å². The van der Waals surface area contributed by atoms with Crippen molar-refractivity contribution in [2.45, 2.75) is 26.7 Å². The molecule has 1 nitrogen and oxygen atoms in total. The first-order valence-corrected chi connectivity index (χ1v) is 17.4. The zero-order chi connectivity index (χ0) is 19.9. The monoisotopic (exact) mass is 604 g/mol. The van der Waals surface area contributed by atoms with Crippen LogP contribution < -0.4 is 10.6 Å². The Morgan fingerprint density at radius 3 is 1.96 bits per heavy atom. The molecular weight excluding hydrogens is 577 g/mol. The maximum atomic E-state index is 14.1. The van der Waals surface area contributed by atoms with Crippen molar-refractivity contribution < 1.29 is 4.57 Å². The molecule has 0 aliphatic heterocycles. The van der Waals surface area contributed by atoms with Crippen LogP contribution in [0.1, 0.15) is 26.7 Å². The van der Waals surface area contributed by atoms with Gasteiger partial charge in [0.05, 0.1) is 0 Å². The Balaban J connectivity index is 0.00000126. The van der Waals surface area contributed by atoms with Crippen LogP contribution in [0, 0.1) is 11.8 Å². The van der Waals surface area contributed by atoms with Gasteiger partial charge in [-0.1, -0.05) is 87.2 Å². The number of hydrogen-bond donors (Lipinski definition) is 0. The zero-order valence-electron chi connectivity index (χ0n) is 15.9. The van der Waals surface area contributed by atoms with E-state index in [4.69, 9.17) is 0 Å². The molecule has 0 radical (unpaired) electrons. The molecular formula is C23H27I2OP. The van der Waals surface area contributed by atoms with Crippen LogP contribution in [0.2, 0.25) is 0 Å². The Labute approximate surface area is 187 Å². The van der Waals surface area contributed by atoms with Crippen LogP contribution in [0.15, 0.2) is 84.5 Å². The minimum atomic E-state index is -2.67. The number of hydrogen-bond acceptors (Lipinski definition) is 1. The summed E-state index contributed by atoms with van der Waals surface area (Å²) >= 11 is 4.24. The summed E-state index contributed by atoms with van der Waals surface area (Å²) in [5.41, 5.74) is 2.53. The summed E-state index contributed by atoms with van der Waals surface area (Å²) in [5, 5.41) is 1.86. The van der Waals surface area contributed by atoms with E-state index in [1.54, 1.807) is 0 Å². The van der Waals surface area contributed by atoms with Crippen molar-refractivity contribution in [3.05, 3.63) is 84.5 Å². The summed E-state index contributed by atoms with van der Waals surface area (Å²) in [6.45, 7) is 8.85. The molecule has 27 heavy (non-hydrogen) atoms. The molecule has 0 unspecified atom stereocenters. The molecule has 2 aromatic rings. The highest BCUT2D eigenvalue weighted by molar-refractivity contribution is 15.0. The smallest absolute Gasteiger partial charge is 0.146 e. The SMILES string of the molecule is C=C1/C(=C\CP(=O)(c2ccccc2)c2ccccc2)C[C@H](C)C[C@@H]1C.II. The molecule has 1 aliphatic carbocycles. The van der Waals surface area contributed by atoms with Crippen LogP contribution in [-0.4, -0.2) is 6.16 Å². The third-order valence-electron chi connectivity index (χ3n) is 5.27. The van der Waals surface area contributed by atoms with E-state index < -0.39 is 7.14 Å². The molecule has 144 valence electrons. The first kappa shape index (κ1) is 22.9. The fraction of sp³-hybridized carbons (Fsp3) is 0.304. The molecule has 0 N–H and O–H groups in total. The Morgan fingerprint density at radius 1 is 1.00 bits per heavy atom. The molecule has 1 aliphatic rings. The molecule has 2 atom stereocenters. The lowest BCUT2D eigenvalue weighted by Gasteiger charge is -2.29. The van der Waals surface area contributed by atoms with Gasteiger partial charge in [0, 0.05) is 54.0 Å². The largest absolute Gasteiger partial charge is 0.313 e. The van der Waals surface area contributed by atoms with E-state index in [0.29, 0.717) is 18.0 Å². The van der Waals surface area contributed by atoms with Crippen LogP contribution in [0.25, 0.3) is 0 Å². The standard InChI is InChI=1S/C23H27OP.I2/c1-18-16-19(2)20(3)21(17-18)14-15-25(24,22-10-6-4-7-11-22)23-12-8-5-9-13-23;1-2/h4-14,18-19H,3,15-17H2,1-2H3;/b21-14-;/t18-,19+;/m1./s1. The van der Waals surface area contributed by atoms with Crippen LogP contribution in [0.4, 0.5) is 0 Å². The average molecular weight is 604 g/mol. The van der Waals surface area contributed by atoms with Gasteiger partial charge in [0.15, 0.2) is 0 Å². The normalized spacial score (nSPS) is 21.5. The molecule has 0 aromatic heterocycles. The van der Waals surface area contributed by atoms with E-state index >= 15 is 0 Å². The van der Waals surface area contributed by atoms with Gasteiger partial charge in [-0.05, 0) is 35.8 Å². The van der Waals surface area contributed by atoms with Crippen molar-refractivity contribution in [2.75, 3.05) is 6.16 Å². The molecule has 0 heterocycles. The number of allylic oxidation sites excluding steroid dienone is 3. The highest BCUT2D eigenvalue weighted by Crippen LogP contribution is 2.45. The van der Waals surface area contributed by atoms with Gasteiger partial charge in [-0.25, -0.2) is 0 Å². The molecule has 3 rings (SSSR count). The van der Waals surface area contributed by atoms with E-state index in [9.17, 15) is 4.57 Å². The van der Waals surface area contributed by atoms with Crippen molar-refractivity contribution in [2.24, 2.45) is 11.8 Å². The zero-order valence-corrected chi connectivity index (χ0v) is 21.2. The number of halogens is 2. The fourth-order valence-electron chi connectivity index (χ4n) is 3.80. The Hall–Kier alpha value is -0.390. The van der Waals surface area contributed by atoms with Gasteiger partial charge in [0.25, 0.3) is 0 Å². The van der Waals surface area contributed by atoms with Crippen molar-refractivity contribution in [1.82, 2.24) is 0 Å². The van der Waals surface area contributed by atoms with Gasteiger partial charge in [0.1, 0.15) is 7.14 Å². The second-order valence-corrected chi connectivity index (χ2v) is 10.2. The van der Waals surface area contributed by atoms with Gasteiger partial charge in [-0.15, -0.1) is 0 Å². The van der Waals surface area contributed by atoms with Gasteiger partial charge in [-0.2, -0.15) is 0 Å². The maximum absolute atomic E-state index is 14.1. The second kappa shape index (κ2) is 11.0. The predicted octanol–water partition coefficient (Wildman–Crippen LogP) is 7.32. The molecule has 2 aromatic carbocycles. The molecule has 4 heteroatoms. The van der Waals surface area contributed by atoms with Crippen molar-refractivity contribution in [3.63, 3.8) is 0 Å². The third kappa shape index (κ3) is 5.80. The van der Waals surface area contributed by atoms with Gasteiger partial charge in [-0.3, -0.25) is 0 Å². The first-order valence-electron chi connectivity index (χ1n) is 9.23. The van der Waals surface area contributed by atoms with E-state index in [1.165, 1.54) is 17.6 Å². The maximum Gasteiger partial charge on any atom is 0.146 e. The molecule has 0 amide bonds. The molecule has 1 saturated carbocycles. The number of benzene rings is 2. The average Bonchev–Trinajstić information content (AvgIpc) is 2.72. The first-order chi connectivity index (χ1) is 13.0. The van der Waals surface area contributed by atoms with Crippen molar-refractivity contribution in [3.8, 4) is 0 Å². The van der Waals surface area contributed by atoms with Crippen LogP contribution >= 0.6 is 44.4 Å². The van der Waals surface area contributed by atoms with E-state index in [2.05, 4.69) is 63.7 Å². The lowest BCUT2D eigenvalue weighted by atomic mass is 9.77. The summed E-state index contributed by atoms with van der Waals surface area (Å²) in [5.74, 6) is 1.18. The molecule has 0 saturated heterocycles. The minimum absolute atomic E-state index is 0.517. The topological polar surface area (TPSA) is 17.1 Å².